The van der Waals surface area contributed by atoms with Gasteiger partial charge in [-0.25, -0.2) is 0 Å². The standard InChI is InChI=1S/C19H21N2O3/c1-14-10-15-6-3-4-7-17(15)12-21(14,2)13-19(22)16-8-5-9-18(11-16)20(23)24/h3-9,11,14H,10,12-13H2,1-2H3/q+1. The number of nitrogens with zero attached hydrogens (tertiary/aromatic N) is 2. The second-order valence-electron chi connectivity index (χ2n) is 6.85. The number of fused-ring (bicyclic) bond motifs is 1. The number of hydrogen-bond donors (Lipinski definition) is 0. The number of likely N-dealkylation sites (N-methyl/N-ethyl adjacent to an activating group) is 1. The first-order valence-corrected chi connectivity index (χ1v) is 8.08. The van der Waals surface area contributed by atoms with E-state index >= 15 is 0 Å². The Balaban J connectivity index is 1.83. The predicted molar refractivity (Wildman–Crippen MR) is 91.8 cm³/mol. The third kappa shape index (κ3) is 3.08. The number of rotatable bonds is 4. The van der Waals surface area contributed by atoms with Gasteiger partial charge in [-0.05, 0) is 12.5 Å². The molecule has 0 N–H and O–H groups in total. The Kier molecular flexibility index (Phi) is 4.20. The number of nitro groups is 1. The van der Waals surface area contributed by atoms with Crippen molar-refractivity contribution in [3.63, 3.8) is 0 Å². The van der Waals surface area contributed by atoms with E-state index in [1.54, 1.807) is 12.1 Å². The molecule has 0 fully saturated rings. The van der Waals surface area contributed by atoms with Crippen LogP contribution < -0.4 is 0 Å². The Morgan fingerprint density at radius 3 is 2.62 bits per heavy atom. The Hall–Kier alpha value is -2.53. The molecule has 124 valence electrons. The van der Waals surface area contributed by atoms with Gasteiger partial charge in [-0.1, -0.05) is 36.4 Å². The van der Waals surface area contributed by atoms with Crippen LogP contribution in [0.15, 0.2) is 48.5 Å². The van der Waals surface area contributed by atoms with Crippen LogP contribution in [0.3, 0.4) is 0 Å². The van der Waals surface area contributed by atoms with Gasteiger partial charge in [-0.15, -0.1) is 0 Å². The maximum absolute atomic E-state index is 12.7. The minimum absolute atomic E-state index is 0.0412. The van der Waals surface area contributed by atoms with E-state index in [2.05, 4.69) is 32.2 Å². The summed E-state index contributed by atoms with van der Waals surface area (Å²) in [6.07, 6.45) is 0.939. The fraction of sp³-hybridized carbons (Fsp3) is 0.316. The molecular formula is C19H21N2O3+. The van der Waals surface area contributed by atoms with Gasteiger partial charge in [0.1, 0.15) is 13.1 Å². The van der Waals surface area contributed by atoms with Gasteiger partial charge in [0, 0.05) is 29.7 Å². The van der Waals surface area contributed by atoms with Crippen molar-refractivity contribution < 1.29 is 14.2 Å². The lowest BCUT2D eigenvalue weighted by molar-refractivity contribution is -0.938. The maximum Gasteiger partial charge on any atom is 0.270 e. The van der Waals surface area contributed by atoms with Crippen LogP contribution in [0, 0.1) is 10.1 Å². The number of ketones is 1. The van der Waals surface area contributed by atoms with E-state index in [9.17, 15) is 14.9 Å². The molecule has 1 aliphatic heterocycles. The average molecular weight is 325 g/mol. The van der Waals surface area contributed by atoms with Crippen LogP contribution in [-0.2, 0) is 13.0 Å². The number of carbonyl (C=O) groups excluding carboxylic acids is 1. The summed E-state index contributed by atoms with van der Waals surface area (Å²) < 4.78 is 0.624. The molecule has 0 saturated heterocycles. The molecule has 0 saturated carbocycles. The second-order valence-corrected chi connectivity index (χ2v) is 6.85. The molecule has 0 spiro atoms. The van der Waals surface area contributed by atoms with Gasteiger partial charge in [0.15, 0.2) is 0 Å². The highest BCUT2D eigenvalue weighted by atomic mass is 16.6. The van der Waals surface area contributed by atoms with Crippen molar-refractivity contribution in [2.24, 2.45) is 0 Å². The Labute approximate surface area is 141 Å². The Morgan fingerprint density at radius 1 is 1.21 bits per heavy atom. The van der Waals surface area contributed by atoms with E-state index < -0.39 is 4.92 Å². The van der Waals surface area contributed by atoms with Gasteiger partial charge in [0.25, 0.3) is 5.69 Å². The average Bonchev–Trinajstić information content (AvgIpc) is 2.56. The number of nitro benzene ring substituents is 1. The molecule has 5 heteroatoms. The topological polar surface area (TPSA) is 60.2 Å². The van der Waals surface area contributed by atoms with Gasteiger partial charge >= 0.3 is 0 Å². The molecule has 2 unspecified atom stereocenters. The molecule has 0 aromatic heterocycles. The monoisotopic (exact) mass is 325 g/mol. The SMILES string of the molecule is CC1Cc2ccccc2C[N+]1(C)CC(=O)c1cccc([N+](=O)[O-])c1. The summed E-state index contributed by atoms with van der Waals surface area (Å²) in [5.74, 6) is -0.0487. The van der Waals surface area contributed by atoms with Gasteiger partial charge < -0.3 is 4.48 Å². The smallest absolute Gasteiger partial charge is 0.270 e. The largest absolute Gasteiger partial charge is 0.313 e. The fourth-order valence-electron chi connectivity index (χ4n) is 3.42. The zero-order valence-corrected chi connectivity index (χ0v) is 13.9. The lowest BCUT2D eigenvalue weighted by Gasteiger charge is -2.43. The molecule has 24 heavy (non-hydrogen) atoms. The Bertz CT molecular complexity index is 803. The summed E-state index contributed by atoms with van der Waals surface area (Å²) in [5.41, 5.74) is 3.00. The van der Waals surface area contributed by atoms with Crippen molar-refractivity contribution in [3.05, 3.63) is 75.3 Å². The minimum atomic E-state index is -0.465. The molecule has 2 aromatic rings. The number of non-ortho nitro benzene ring substituents is 1. The molecule has 2 atom stereocenters. The van der Waals surface area contributed by atoms with Crippen LogP contribution in [-0.4, -0.2) is 34.8 Å². The predicted octanol–water partition coefficient (Wildman–Crippen LogP) is 3.37. The highest BCUT2D eigenvalue weighted by Gasteiger charge is 2.37. The first-order valence-electron chi connectivity index (χ1n) is 8.08. The van der Waals surface area contributed by atoms with Crippen LogP contribution >= 0.6 is 0 Å². The lowest BCUT2D eigenvalue weighted by atomic mass is 9.92. The van der Waals surface area contributed by atoms with Crippen LogP contribution in [0.4, 0.5) is 5.69 Å². The summed E-state index contributed by atoms with van der Waals surface area (Å²) >= 11 is 0. The summed E-state index contributed by atoms with van der Waals surface area (Å²) in [6.45, 7) is 3.31. The van der Waals surface area contributed by atoms with Crippen molar-refractivity contribution in [2.75, 3.05) is 13.6 Å². The third-order valence-corrected chi connectivity index (χ3v) is 5.11. The first kappa shape index (κ1) is 16.3. The van der Waals surface area contributed by atoms with E-state index in [0.29, 0.717) is 22.6 Å². The summed E-state index contributed by atoms with van der Waals surface area (Å²) in [5, 5.41) is 10.9. The van der Waals surface area contributed by atoms with E-state index in [1.807, 2.05) is 6.07 Å². The van der Waals surface area contributed by atoms with Crippen molar-refractivity contribution >= 4 is 11.5 Å². The van der Waals surface area contributed by atoms with Gasteiger partial charge in [-0.2, -0.15) is 0 Å². The molecule has 5 nitrogen and oxygen atoms in total. The number of benzene rings is 2. The number of hydrogen-bond acceptors (Lipinski definition) is 3. The van der Waals surface area contributed by atoms with E-state index in [0.717, 1.165) is 13.0 Å². The maximum atomic E-state index is 12.7. The number of Topliss-reactive ketones (excluding diaryl/α,β-unsaturated/α-hetero) is 1. The van der Waals surface area contributed by atoms with E-state index in [-0.39, 0.29) is 11.5 Å². The molecule has 1 aliphatic rings. The van der Waals surface area contributed by atoms with E-state index in [4.69, 9.17) is 0 Å². The third-order valence-electron chi connectivity index (χ3n) is 5.11. The molecule has 0 aliphatic carbocycles. The molecule has 0 bridgehead atoms. The Morgan fingerprint density at radius 2 is 1.92 bits per heavy atom. The molecule has 0 amide bonds. The van der Waals surface area contributed by atoms with Crippen molar-refractivity contribution in [2.45, 2.75) is 25.9 Å². The quantitative estimate of drug-likeness (QED) is 0.375. The summed E-state index contributed by atoms with van der Waals surface area (Å²) in [7, 11) is 2.09. The van der Waals surface area contributed by atoms with Crippen molar-refractivity contribution in [1.29, 1.82) is 0 Å². The minimum Gasteiger partial charge on any atom is -0.313 e. The van der Waals surface area contributed by atoms with Crippen LogP contribution in [0.5, 0.6) is 0 Å². The normalized spacial score (nSPS) is 22.7. The summed E-state index contributed by atoms with van der Waals surface area (Å²) in [4.78, 5) is 23.2. The second kappa shape index (κ2) is 6.17. The molecule has 0 radical (unpaired) electrons. The zero-order valence-electron chi connectivity index (χ0n) is 13.9. The van der Waals surface area contributed by atoms with Crippen LogP contribution in [0.1, 0.15) is 28.4 Å². The first-order chi connectivity index (χ1) is 11.4. The zero-order chi connectivity index (χ0) is 17.3. The highest BCUT2D eigenvalue weighted by Crippen LogP contribution is 2.29. The molecule has 1 heterocycles. The number of quaternary nitrogens is 1. The molecule has 2 aromatic carbocycles. The van der Waals surface area contributed by atoms with E-state index in [1.165, 1.54) is 23.3 Å². The highest BCUT2D eigenvalue weighted by molar-refractivity contribution is 5.97. The van der Waals surface area contributed by atoms with Crippen molar-refractivity contribution in [1.82, 2.24) is 0 Å². The number of carbonyl (C=O) groups is 1. The van der Waals surface area contributed by atoms with Gasteiger partial charge in [-0.3, -0.25) is 14.9 Å². The molecular weight excluding hydrogens is 304 g/mol. The summed E-state index contributed by atoms with van der Waals surface area (Å²) in [6, 6.07) is 14.7. The lowest BCUT2D eigenvalue weighted by Crippen LogP contribution is -2.56. The fourth-order valence-corrected chi connectivity index (χ4v) is 3.42. The molecule has 3 rings (SSSR count). The van der Waals surface area contributed by atoms with Gasteiger partial charge in [0.05, 0.1) is 18.0 Å². The van der Waals surface area contributed by atoms with Crippen molar-refractivity contribution in [3.8, 4) is 0 Å². The van der Waals surface area contributed by atoms with Crippen LogP contribution in [0.25, 0.3) is 0 Å². The van der Waals surface area contributed by atoms with Gasteiger partial charge in [0.2, 0.25) is 5.78 Å². The van der Waals surface area contributed by atoms with Crippen LogP contribution in [0.2, 0.25) is 0 Å².